The molecule has 98 valence electrons. The van der Waals surface area contributed by atoms with Gasteiger partial charge in [0.1, 0.15) is 5.01 Å². The molecule has 0 unspecified atom stereocenters. The highest BCUT2D eigenvalue weighted by atomic mass is 35.5. The van der Waals surface area contributed by atoms with Gasteiger partial charge in [-0.3, -0.25) is 0 Å². The normalized spacial score (nSPS) is 11.3. The molecule has 4 heteroatoms. The monoisotopic (exact) mass is 290 g/mol. The van der Waals surface area contributed by atoms with Gasteiger partial charge < -0.3 is 0 Å². The van der Waals surface area contributed by atoms with Gasteiger partial charge in [-0.2, -0.15) is 5.26 Å². The molecule has 1 heterocycles. The third-order valence-electron chi connectivity index (χ3n) is 2.74. The van der Waals surface area contributed by atoms with Crippen molar-refractivity contribution in [3.05, 3.63) is 39.9 Å². The van der Waals surface area contributed by atoms with E-state index in [1.54, 1.807) is 11.3 Å². The van der Waals surface area contributed by atoms with E-state index in [1.165, 1.54) is 0 Å². The fourth-order valence-electron chi connectivity index (χ4n) is 1.85. The Morgan fingerprint density at radius 2 is 1.89 bits per heavy atom. The summed E-state index contributed by atoms with van der Waals surface area (Å²) in [6.07, 6.45) is 0.415. The average Bonchev–Trinajstić information content (AvgIpc) is 2.74. The summed E-state index contributed by atoms with van der Waals surface area (Å²) in [6.45, 7) is 6.36. The van der Waals surface area contributed by atoms with Gasteiger partial charge in [-0.25, -0.2) is 4.98 Å². The lowest BCUT2D eigenvalue weighted by Crippen LogP contribution is -2.13. The van der Waals surface area contributed by atoms with E-state index in [2.05, 4.69) is 26.8 Å². The summed E-state index contributed by atoms with van der Waals surface area (Å²) < 4.78 is 0. The molecule has 2 aromatic rings. The van der Waals surface area contributed by atoms with Crippen LogP contribution in [0.5, 0.6) is 0 Å². The first-order chi connectivity index (χ1) is 8.91. The van der Waals surface area contributed by atoms with Crippen molar-refractivity contribution in [3.8, 4) is 16.6 Å². The lowest BCUT2D eigenvalue weighted by atomic mass is 9.91. The van der Waals surface area contributed by atoms with Crippen LogP contribution in [0.1, 0.15) is 31.3 Å². The zero-order chi connectivity index (χ0) is 14.0. The average molecular weight is 291 g/mol. The van der Waals surface area contributed by atoms with Gasteiger partial charge in [0.25, 0.3) is 0 Å². The van der Waals surface area contributed by atoms with E-state index in [1.807, 2.05) is 24.3 Å². The predicted octanol–water partition coefficient (Wildman–Crippen LogP) is 4.83. The van der Waals surface area contributed by atoms with Crippen LogP contribution in [0, 0.1) is 11.3 Å². The summed E-state index contributed by atoms with van der Waals surface area (Å²) in [6, 6.07) is 9.86. The zero-order valence-corrected chi connectivity index (χ0v) is 12.8. The number of thiazole rings is 1. The van der Waals surface area contributed by atoms with Crippen molar-refractivity contribution in [3.63, 3.8) is 0 Å². The van der Waals surface area contributed by atoms with Crippen molar-refractivity contribution in [2.24, 2.45) is 0 Å². The Bertz CT molecular complexity index is 615. The highest BCUT2D eigenvalue weighted by Crippen LogP contribution is 2.34. The van der Waals surface area contributed by atoms with Crippen LogP contribution in [0.3, 0.4) is 0 Å². The molecule has 0 atom stereocenters. The van der Waals surface area contributed by atoms with E-state index < -0.39 is 0 Å². The summed E-state index contributed by atoms with van der Waals surface area (Å²) in [7, 11) is 0. The maximum Gasteiger partial charge on any atom is 0.123 e. The molecular weight excluding hydrogens is 276 g/mol. The molecule has 0 aliphatic carbocycles. The lowest BCUT2D eigenvalue weighted by Gasteiger charge is -2.16. The molecule has 2 rings (SSSR count). The van der Waals surface area contributed by atoms with Gasteiger partial charge in [-0.1, -0.05) is 44.5 Å². The topological polar surface area (TPSA) is 36.7 Å². The van der Waals surface area contributed by atoms with Crippen LogP contribution in [-0.4, -0.2) is 4.98 Å². The number of nitriles is 1. The van der Waals surface area contributed by atoms with Crippen LogP contribution >= 0.6 is 22.9 Å². The predicted molar refractivity (Wildman–Crippen MR) is 80.6 cm³/mol. The van der Waals surface area contributed by atoms with Crippen molar-refractivity contribution in [2.45, 2.75) is 32.6 Å². The van der Waals surface area contributed by atoms with Gasteiger partial charge in [0.05, 0.1) is 18.2 Å². The molecule has 0 N–H and O–H groups in total. The maximum absolute atomic E-state index is 8.94. The fourth-order valence-corrected chi connectivity index (χ4v) is 3.18. The first kappa shape index (κ1) is 14.0. The minimum atomic E-state index is -0.0483. The summed E-state index contributed by atoms with van der Waals surface area (Å²) in [5.74, 6) is 0. The quantitative estimate of drug-likeness (QED) is 0.794. The van der Waals surface area contributed by atoms with Crippen LogP contribution in [0.2, 0.25) is 5.02 Å². The third kappa shape index (κ3) is 3.15. The van der Waals surface area contributed by atoms with E-state index in [0.29, 0.717) is 11.4 Å². The van der Waals surface area contributed by atoms with E-state index in [-0.39, 0.29) is 5.41 Å². The van der Waals surface area contributed by atoms with Crippen molar-refractivity contribution >= 4 is 22.9 Å². The number of hydrogen-bond acceptors (Lipinski definition) is 3. The largest absolute Gasteiger partial charge is 0.240 e. The molecule has 0 radical (unpaired) electrons. The van der Waals surface area contributed by atoms with Crippen LogP contribution in [0.15, 0.2) is 24.3 Å². The van der Waals surface area contributed by atoms with E-state index >= 15 is 0 Å². The van der Waals surface area contributed by atoms with Crippen LogP contribution in [-0.2, 0) is 11.8 Å². The van der Waals surface area contributed by atoms with Crippen LogP contribution in [0.25, 0.3) is 10.6 Å². The number of halogens is 1. The number of nitrogens with zero attached hydrogens (tertiary/aromatic N) is 2. The van der Waals surface area contributed by atoms with Crippen molar-refractivity contribution < 1.29 is 0 Å². The van der Waals surface area contributed by atoms with Gasteiger partial charge in [0.2, 0.25) is 0 Å². The molecule has 0 spiro atoms. The van der Waals surface area contributed by atoms with Gasteiger partial charge >= 0.3 is 0 Å². The van der Waals surface area contributed by atoms with Gasteiger partial charge in [0, 0.05) is 20.9 Å². The molecule has 0 fully saturated rings. The summed E-state index contributed by atoms with van der Waals surface area (Å²) in [4.78, 5) is 5.78. The molecule has 0 bridgehead atoms. The molecule has 0 saturated carbocycles. The molecule has 0 amide bonds. The van der Waals surface area contributed by atoms with Gasteiger partial charge in [-0.05, 0) is 12.1 Å². The zero-order valence-electron chi connectivity index (χ0n) is 11.2. The Morgan fingerprint density at radius 1 is 1.26 bits per heavy atom. The SMILES string of the molecule is CC(C)(C)c1nc(-c2ccc(Cl)cc2)sc1CC#N. The number of benzene rings is 1. The minimum Gasteiger partial charge on any atom is -0.240 e. The summed E-state index contributed by atoms with van der Waals surface area (Å²) >= 11 is 7.49. The van der Waals surface area contributed by atoms with Gasteiger partial charge in [-0.15, -0.1) is 11.3 Å². The van der Waals surface area contributed by atoms with Crippen molar-refractivity contribution in [1.29, 1.82) is 5.26 Å². The van der Waals surface area contributed by atoms with Crippen molar-refractivity contribution in [1.82, 2.24) is 4.98 Å². The van der Waals surface area contributed by atoms with Crippen LogP contribution < -0.4 is 0 Å². The minimum absolute atomic E-state index is 0.0483. The number of rotatable bonds is 2. The smallest absolute Gasteiger partial charge is 0.123 e. The highest BCUT2D eigenvalue weighted by molar-refractivity contribution is 7.15. The molecule has 19 heavy (non-hydrogen) atoms. The summed E-state index contributed by atoms with van der Waals surface area (Å²) in [5, 5.41) is 10.6. The first-order valence-corrected chi connectivity index (χ1v) is 7.24. The second-order valence-corrected chi connectivity index (χ2v) is 6.90. The van der Waals surface area contributed by atoms with E-state index in [9.17, 15) is 0 Å². The second kappa shape index (κ2) is 5.32. The fraction of sp³-hybridized carbons (Fsp3) is 0.333. The Labute approximate surface area is 122 Å². The van der Waals surface area contributed by atoms with Crippen LogP contribution in [0.4, 0.5) is 0 Å². The lowest BCUT2D eigenvalue weighted by molar-refractivity contribution is 0.568. The molecule has 0 aliphatic heterocycles. The number of hydrogen-bond donors (Lipinski definition) is 0. The Balaban J connectivity index is 2.49. The number of aromatic nitrogens is 1. The molecular formula is C15H15ClN2S. The molecule has 0 aliphatic rings. The van der Waals surface area contributed by atoms with Crippen molar-refractivity contribution in [2.75, 3.05) is 0 Å². The molecule has 2 nitrogen and oxygen atoms in total. The van der Waals surface area contributed by atoms with E-state index in [4.69, 9.17) is 21.8 Å². The summed E-state index contributed by atoms with van der Waals surface area (Å²) in [5.41, 5.74) is 2.01. The first-order valence-electron chi connectivity index (χ1n) is 6.05. The molecule has 1 aromatic heterocycles. The Morgan fingerprint density at radius 3 is 2.42 bits per heavy atom. The highest BCUT2D eigenvalue weighted by Gasteiger charge is 2.23. The Kier molecular flexibility index (Phi) is 3.93. The third-order valence-corrected chi connectivity index (χ3v) is 4.09. The molecule has 0 saturated heterocycles. The second-order valence-electron chi connectivity index (χ2n) is 5.38. The van der Waals surface area contributed by atoms with E-state index in [0.717, 1.165) is 21.1 Å². The maximum atomic E-state index is 8.94. The van der Waals surface area contributed by atoms with Gasteiger partial charge in [0.15, 0.2) is 0 Å². The Hall–Kier alpha value is -1.37. The molecule has 1 aromatic carbocycles. The standard InChI is InChI=1S/C15H15ClN2S/c1-15(2,3)13-12(8-9-17)19-14(18-13)10-4-6-11(16)7-5-10/h4-7H,8H2,1-3H3.